The Kier molecular flexibility index (Phi) is 4.68. The smallest absolute Gasteiger partial charge is 0.263 e. The highest BCUT2D eigenvalue weighted by Crippen LogP contribution is 2.30. The monoisotopic (exact) mass is 296 g/mol. The Morgan fingerprint density at radius 3 is 3.00 bits per heavy atom. The number of nitrogens with zero attached hydrogens (tertiary/aromatic N) is 1. The van der Waals surface area contributed by atoms with Gasteiger partial charge in [-0.25, -0.2) is 4.98 Å². The molecule has 2 rings (SSSR count). The summed E-state index contributed by atoms with van der Waals surface area (Å²) in [5, 5.41) is 14.8. The van der Waals surface area contributed by atoms with Crippen LogP contribution in [0.5, 0.6) is 0 Å². The van der Waals surface area contributed by atoms with Gasteiger partial charge >= 0.3 is 0 Å². The van der Waals surface area contributed by atoms with Gasteiger partial charge < -0.3 is 10.4 Å². The number of thiazole rings is 1. The van der Waals surface area contributed by atoms with E-state index < -0.39 is 6.10 Å². The van der Waals surface area contributed by atoms with Crippen LogP contribution >= 0.6 is 22.7 Å². The fraction of sp³-hybridized carbons (Fsp3) is 0.385. The van der Waals surface area contributed by atoms with E-state index >= 15 is 0 Å². The molecule has 1 amide bonds. The van der Waals surface area contributed by atoms with E-state index in [-0.39, 0.29) is 5.91 Å². The highest BCUT2D eigenvalue weighted by Gasteiger charge is 2.16. The highest BCUT2D eigenvalue weighted by molar-refractivity contribution is 7.22. The number of carbonyl (C=O) groups is 1. The molecule has 19 heavy (non-hydrogen) atoms. The van der Waals surface area contributed by atoms with E-state index in [2.05, 4.69) is 10.3 Å². The van der Waals surface area contributed by atoms with E-state index in [0.29, 0.717) is 17.8 Å². The number of thiophene rings is 1. The molecule has 6 heteroatoms. The standard InChI is InChI=1S/C13H16N2O2S2/c1-8(16)5-6-14-12(17)11-9(2)15-13(19-11)10-4-3-7-18-10/h3-4,7-8,16H,5-6H2,1-2H3,(H,14,17). The van der Waals surface area contributed by atoms with E-state index in [1.165, 1.54) is 11.3 Å². The molecule has 2 aromatic heterocycles. The van der Waals surface area contributed by atoms with E-state index in [9.17, 15) is 4.79 Å². The zero-order valence-electron chi connectivity index (χ0n) is 10.8. The van der Waals surface area contributed by atoms with Crippen molar-refractivity contribution in [1.29, 1.82) is 0 Å². The van der Waals surface area contributed by atoms with Crippen molar-refractivity contribution in [3.8, 4) is 9.88 Å². The number of aromatic nitrogens is 1. The van der Waals surface area contributed by atoms with Gasteiger partial charge in [0.1, 0.15) is 9.88 Å². The second-order valence-electron chi connectivity index (χ2n) is 4.30. The van der Waals surface area contributed by atoms with Crippen molar-refractivity contribution in [2.45, 2.75) is 26.4 Å². The maximum absolute atomic E-state index is 12.0. The zero-order chi connectivity index (χ0) is 13.8. The topological polar surface area (TPSA) is 62.2 Å². The van der Waals surface area contributed by atoms with Crippen LogP contribution < -0.4 is 5.32 Å². The molecule has 2 N–H and O–H groups in total. The first kappa shape index (κ1) is 14.2. The maximum Gasteiger partial charge on any atom is 0.263 e. The summed E-state index contributed by atoms with van der Waals surface area (Å²) in [5.41, 5.74) is 0.753. The van der Waals surface area contributed by atoms with Crippen LogP contribution in [0, 0.1) is 6.92 Å². The second-order valence-corrected chi connectivity index (χ2v) is 6.25. The SMILES string of the molecule is Cc1nc(-c2cccs2)sc1C(=O)NCCC(C)O. The lowest BCUT2D eigenvalue weighted by atomic mass is 10.3. The third-order valence-electron chi connectivity index (χ3n) is 2.58. The number of rotatable bonds is 5. The van der Waals surface area contributed by atoms with Crippen molar-refractivity contribution in [1.82, 2.24) is 10.3 Å². The number of aryl methyl sites for hydroxylation is 1. The van der Waals surface area contributed by atoms with Gasteiger partial charge in [0.2, 0.25) is 0 Å². The lowest BCUT2D eigenvalue weighted by Gasteiger charge is -2.05. The van der Waals surface area contributed by atoms with E-state index in [4.69, 9.17) is 5.11 Å². The summed E-state index contributed by atoms with van der Waals surface area (Å²) < 4.78 is 0. The summed E-state index contributed by atoms with van der Waals surface area (Å²) in [7, 11) is 0. The molecular weight excluding hydrogens is 280 g/mol. The van der Waals surface area contributed by atoms with Crippen LogP contribution in [0.25, 0.3) is 9.88 Å². The molecule has 0 radical (unpaired) electrons. The molecule has 0 aliphatic carbocycles. The van der Waals surface area contributed by atoms with Crippen LogP contribution in [0.2, 0.25) is 0 Å². The number of hydrogen-bond acceptors (Lipinski definition) is 5. The molecule has 0 aliphatic rings. The lowest BCUT2D eigenvalue weighted by Crippen LogP contribution is -2.26. The first-order chi connectivity index (χ1) is 9.08. The Hall–Kier alpha value is -1.24. The van der Waals surface area contributed by atoms with Gasteiger partial charge in [-0.1, -0.05) is 6.07 Å². The zero-order valence-corrected chi connectivity index (χ0v) is 12.5. The van der Waals surface area contributed by atoms with Crippen LogP contribution in [0.15, 0.2) is 17.5 Å². The molecule has 102 valence electrons. The molecule has 0 aromatic carbocycles. The van der Waals surface area contributed by atoms with Gasteiger partial charge in [-0.2, -0.15) is 0 Å². The van der Waals surface area contributed by atoms with Gasteiger partial charge in [0, 0.05) is 6.54 Å². The highest BCUT2D eigenvalue weighted by atomic mass is 32.1. The lowest BCUT2D eigenvalue weighted by molar-refractivity contribution is 0.0949. The van der Waals surface area contributed by atoms with Crippen molar-refractivity contribution in [2.24, 2.45) is 0 Å². The first-order valence-electron chi connectivity index (χ1n) is 6.05. The summed E-state index contributed by atoms with van der Waals surface area (Å²) in [6, 6.07) is 3.97. The summed E-state index contributed by atoms with van der Waals surface area (Å²) in [6.07, 6.45) is 0.158. The Morgan fingerprint density at radius 2 is 2.37 bits per heavy atom. The van der Waals surface area contributed by atoms with Gasteiger partial charge in [0.05, 0.1) is 16.7 Å². The van der Waals surface area contributed by atoms with Crippen LogP contribution in [-0.2, 0) is 0 Å². The van der Waals surface area contributed by atoms with Gasteiger partial charge in [-0.3, -0.25) is 4.79 Å². The minimum Gasteiger partial charge on any atom is -0.393 e. The molecule has 0 saturated heterocycles. The van der Waals surface area contributed by atoms with Crippen molar-refractivity contribution < 1.29 is 9.90 Å². The molecule has 0 spiro atoms. The second kappa shape index (κ2) is 6.27. The minimum absolute atomic E-state index is 0.113. The predicted molar refractivity (Wildman–Crippen MR) is 78.8 cm³/mol. The average molecular weight is 296 g/mol. The third kappa shape index (κ3) is 3.62. The summed E-state index contributed by atoms with van der Waals surface area (Å²) in [6.45, 7) is 4.03. The normalized spacial score (nSPS) is 12.4. The van der Waals surface area contributed by atoms with Crippen LogP contribution in [0.3, 0.4) is 0 Å². The largest absolute Gasteiger partial charge is 0.393 e. The summed E-state index contributed by atoms with van der Waals surface area (Å²) in [4.78, 5) is 18.2. The molecular formula is C13H16N2O2S2. The predicted octanol–water partition coefficient (Wildman–Crippen LogP) is 2.68. The maximum atomic E-state index is 12.0. The Balaban J connectivity index is 2.06. The summed E-state index contributed by atoms with van der Waals surface area (Å²) in [5.74, 6) is -0.113. The molecule has 0 saturated carbocycles. The third-order valence-corrected chi connectivity index (χ3v) is 4.78. The minimum atomic E-state index is -0.399. The number of carbonyl (C=O) groups excluding carboxylic acids is 1. The number of nitrogens with one attached hydrogen (secondary N) is 1. The molecule has 2 heterocycles. The Morgan fingerprint density at radius 1 is 1.58 bits per heavy atom. The first-order valence-corrected chi connectivity index (χ1v) is 7.75. The number of aliphatic hydroxyl groups is 1. The van der Waals surface area contributed by atoms with Gasteiger partial charge in [-0.05, 0) is 31.7 Å². The van der Waals surface area contributed by atoms with Crippen LogP contribution in [-0.4, -0.2) is 28.6 Å². The van der Waals surface area contributed by atoms with Crippen LogP contribution in [0.1, 0.15) is 28.7 Å². The van der Waals surface area contributed by atoms with Crippen molar-refractivity contribution in [3.05, 3.63) is 28.1 Å². The molecule has 4 nitrogen and oxygen atoms in total. The molecule has 1 atom stereocenters. The van der Waals surface area contributed by atoms with Gasteiger partial charge in [-0.15, -0.1) is 22.7 Å². The van der Waals surface area contributed by atoms with E-state index in [0.717, 1.165) is 15.6 Å². The fourth-order valence-corrected chi connectivity index (χ4v) is 3.37. The number of aliphatic hydroxyl groups excluding tert-OH is 1. The Bertz CT molecular complexity index is 547. The van der Waals surface area contributed by atoms with Crippen LogP contribution in [0.4, 0.5) is 0 Å². The van der Waals surface area contributed by atoms with Gasteiger partial charge in [0.15, 0.2) is 0 Å². The molecule has 0 aliphatic heterocycles. The number of amides is 1. The van der Waals surface area contributed by atoms with Crippen molar-refractivity contribution >= 4 is 28.6 Å². The average Bonchev–Trinajstić information content (AvgIpc) is 2.96. The number of hydrogen-bond donors (Lipinski definition) is 2. The molecule has 2 aromatic rings. The van der Waals surface area contributed by atoms with Crippen molar-refractivity contribution in [3.63, 3.8) is 0 Å². The fourth-order valence-electron chi connectivity index (χ4n) is 1.59. The molecule has 0 bridgehead atoms. The van der Waals surface area contributed by atoms with E-state index in [1.807, 2.05) is 24.4 Å². The Labute approximate surface area is 120 Å². The molecule has 0 fully saturated rings. The quantitative estimate of drug-likeness (QED) is 0.891. The van der Waals surface area contributed by atoms with Gasteiger partial charge in [0.25, 0.3) is 5.91 Å². The summed E-state index contributed by atoms with van der Waals surface area (Å²) >= 11 is 3.02. The van der Waals surface area contributed by atoms with E-state index in [1.54, 1.807) is 18.3 Å². The molecule has 1 unspecified atom stereocenters. The van der Waals surface area contributed by atoms with Crippen molar-refractivity contribution in [2.75, 3.05) is 6.54 Å².